The van der Waals surface area contributed by atoms with Crippen LogP contribution < -0.4 is 5.56 Å². The molecule has 0 aliphatic rings. The van der Waals surface area contributed by atoms with E-state index in [1.165, 1.54) is 16.6 Å². The van der Waals surface area contributed by atoms with E-state index >= 15 is 0 Å². The molecule has 2 N–H and O–H groups in total. The van der Waals surface area contributed by atoms with Crippen molar-refractivity contribution in [1.29, 1.82) is 0 Å². The predicted molar refractivity (Wildman–Crippen MR) is 85.9 cm³/mol. The predicted octanol–water partition coefficient (Wildman–Crippen LogP) is 2.97. The van der Waals surface area contributed by atoms with Crippen LogP contribution in [0.15, 0.2) is 9.95 Å². The number of thiophene rings is 1. The van der Waals surface area contributed by atoms with E-state index in [1.54, 1.807) is 11.3 Å². The Morgan fingerprint density at radius 2 is 2.25 bits per heavy atom. The van der Waals surface area contributed by atoms with Crippen molar-refractivity contribution in [2.24, 2.45) is 5.92 Å². The summed E-state index contributed by atoms with van der Waals surface area (Å²) in [6.45, 7) is 6.51. The van der Waals surface area contributed by atoms with E-state index in [0.29, 0.717) is 16.8 Å². The third kappa shape index (κ3) is 3.24. The summed E-state index contributed by atoms with van der Waals surface area (Å²) in [7, 11) is 0. The molecule has 0 aliphatic heterocycles. The van der Waals surface area contributed by atoms with Gasteiger partial charge in [0.15, 0.2) is 5.16 Å². The normalized spacial score (nSPS) is 13.0. The number of aliphatic hydroxyl groups excluding tert-OH is 1. The number of aliphatic hydroxyl groups is 1. The van der Waals surface area contributed by atoms with E-state index in [0.717, 1.165) is 28.6 Å². The molecule has 1 atom stereocenters. The van der Waals surface area contributed by atoms with Crippen molar-refractivity contribution < 1.29 is 5.11 Å². The fourth-order valence-corrected chi connectivity index (χ4v) is 3.82. The summed E-state index contributed by atoms with van der Waals surface area (Å²) in [5, 5.41) is 10.2. The van der Waals surface area contributed by atoms with Crippen LogP contribution in [0.4, 0.5) is 0 Å². The summed E-state index contributed by atoms with van der Waals surface area (Å²) in [5.74, 6) is 1.10. The number of H-pyrrole nitrogens is 1. The molecule has 0 radical (unpaired) electrons. The summed E-state index contributed by atoms with van der Waals surface area (Å²) in [6, 6.07) is 0. The minimum Gasteiger partial charge on any atom is -0.396 e. The maximum absolute atomic E-state index is 12.3. The molecule has 0 spiro atoms. The first-order valence-electron chi connectivity index (χ1n) is 6.82. The Bertz CT molecular complexity index is 648. The van der Waals surface area contributed by atoms with Crippen LogP contribution in [0.2, 0.25) is 0 Å². The van der Waals surface area contributed by atoms with E-state index in [-0.39, 0.29) is 12.2 Å². The second kappa shape index (κ2) is 6.74. The van der Waals surface area contributed by atoms with Gasteiger partial charge in [-0.05, 0) is 24.8 Å². The standard InChI is InChI=1S/C14H20N2O2S2/c1-4-8(2)7-10-9(3)20-13-11(10)12(18)15-14(16-13)19-6-5-17/h8,17H,4-7H2,1-3H3,(H,15,16,18). The van der Waals surface area contributed by atoms with Crippen molar-refractivity contribution in [2.45, 2.75) is 38.8 Å². The second-order valence-corrected chi connectivity index (χ2v) is 7.26. The van der Waals surface area contributed by atoms with E-state index in [1.807, 2.05) is 0 Å². The largest absolute Gasteiger partial charge is 0.396 e. The molecule has 110 valence electrons. The minimum absolute atomic E-state index is 0.0573. The number of aromatic amines is 1. The van der Waals surface area contributed by atoms with Gasteiger partial charge in [0, 0.05) is 10.6 Å². The van der Waals surface area contributed by atoms with Gasteiger partial charge < -0.3 is 10.1 Å². The van der Waals surface area contributed by atoms with E-state index in [9.17, 15) is 4.79 Å². The number of rotatable bonds is 6. The average molecular weight is 312 g/mol. The molecular formula is C14H20N2O2S2. The van der Waals surface area contributed by atoms with Crippen LogP contribution in [0, 0.1) is 12.8 Å². The number of hydrogen-bond acceptors (Lipinski definition) is 5. The van der Waals surface area contributed by atoms with Crippen LogP contribution in [-0.4, -0.2) is 27.4 Å². The van der Waals surface area contributed by atoms with Crippen LogP contribution in [-0.2, 0) is 6.42 Å². The second-order valence-electron chi connectivity index (χ2n) is 4.98. The Balaban J connectivity index is 2.46. The number of thioether (sulfide) groups is 1. The Labute approximate surface area is 126 Å². The lowest BCUT2D eigenvalue weighted by molar-refractivity contribution is 0.322. The molecule has 2 aromatic heterocycles. The third-order valence-electron chi connectivity index (χ3n) is 3.42. The molecule has 2 aromatic rings. The molecule has 1 unspecified atom stereocenters. The Hall–Kier alpha value is -0.850. The number of nitrogens with zero attached hydrogens (tertiary/aromatic N) is 1. The molecule has 4 nitrogen and oxygen atoms in total. The van der Waals surface area contributed by atoms with Crippen molar-refractivity contribution in [3.8, 4) is 0 Å². The lowest BCUT2D eigenvalue weighted by Crippen LogP contribution is -2.11. The molecule has 20 heavy (non-hydrogen) atoms. The lowest BCUT2D eigenvalue weighted by atomic mass is 9.98. The Morgan fingerprint density at radius 3 is 2.90 bits per heavy atom. The highest BCUT2D eigenvalue weighted by Crippen LogP contribution is 2.30. The number of aromatic nitrogens is 2. The molecule has 0 saturated carbocycles. The first-order chi connectivity index (χ1) is 9.56. The minimum atomic E-state index is -0.0573. The summed E-state index contributed by atoms with van der Waals surface area (Å²) in [5.41, 5.74) is 1.09. The van der Waals surface area contributed by atoms with Gasteiger partial charge in [0.2, 0.25) is 0 Å². The van der Waals surface area contributed by atoms with Crippen LogP contribution in [0.5, 0.6) is 0 Å². The highest BCUT2D eigenvalue weighted by molar-refractivity contribution is 7.99. The van der Waals surface area contributed by atoms with Crippen LogP contribution >= 0.6 is 23.1 Å². The maximum atomic E-state index is 12.3. The molecule has 6 heteroatoms. The fraction of sp³-hybridized carbons (Fsp3) is 0.571. The van der Waals surface area contributed by atoms with Gasteiger partial charge >= 0.3 is 0 Å². The molecule has 0 aromatic carbocycles. The first-order valence-corrected chi connectivity index (χ1v) is 8.63. The quantitative estimate of drug-likeness (QED) is 0.636. The van der Waals surface area contributed by atoms with Gasteiger partial charge in [0.1, 0.15) is 4.83 Å². The van der Waals surface area contributed by atoms with Gasteiger partial charge in [-0.3, -0.25) is 4.79 Å². The van der Waals surface area contributed by atoms with Gasteiger partial charge in [-0.2, -0.15) is 0 Å². The molecule has 0 aliphatic carbocycles. The number of fused-ring (bicyclic) bond motifs is 1. The molecular weight excluding hydrogens is 292 g/mol. The highest BCUT2D eigenvalue weighted by Gasteiger charge is 2.16. The zero-order chi connectivity index (χ0) is 14.7. The van der Waals surface area contributed by atoms with Crippen molar-refractivity contribution in [3.05, 3.63) is 20.8 Å². The van der Waals surface area contributed by atoms with Gasteiger partial charge in [0.05, 0.1) is 12.0 Å². The Kier molecular flexibility index (Phi) is 5.23. The van der Waals surface area contributed by atoms with Crippen molar-refractivity contribution in [1.82, 2.24) is 9.97 Å². The van der Waals surface area contributed by atoms with E-state index in [2.05, 4.69) is 30.7 Å². The Morgan fingerprint density at radius 1 is 1.50 bits per heavy atom. The van der Waals surface area contributed by atoms with Gasteiger partial charge in [0.25, 0.3) is 5.56 Å². The molecule has 2 heterocycles. The smallest absolute Gasteiger partial charge is 0.260 e. The molecule has 2 rings (SSSR count). The average Bonchev–Trinajstić information content (AvgIpc) is 2.73. The van der Waals surface area contributed by atoms with Crippen molar-refractivity contribution in [2.75, 3.05) is 12.4 Å². The molecule has 0 bridgehead atoms. The van der Waals surface area contributed by atoms with Gasteiger partial charge in [-0.25, -0.2) is 4.98 Å². The third-order valence-corrected chi connectivity index (χ3v) is 5.32. The van der Waals surface area contributed by atoms with Crippen LogP contribution in [0.3, 0.4) is 0 Å². The zero-order valence-corrected chi connectivity index (χ0v) is 13.7. The maximum Gasteiger partial charge on any atom is 0.260 e. The number of nitrogens with one attached hydrogen (secondary N) is 1. The van der Waals surface area contributed by atoms with Crippen molar-refractivity contribution >= 4 is 33.3 Å². The molecule has 0 saturated heterocycles. The van der Waals surface area contributed by atoms with Crippen LogP contribution in [0.25, 0.3) is 10.2 Å². The first kappa shape index (κ1) is 15.5. The summed E-state index contributed by atoms with van der Waals surface area (Å²) in [6.07, 6.45) is 2.03. The van der Waals surface area contributed by atoms with Crippen LogP contribution in [0.1, 0.15) is 30.7 Å². The van der Waals surface area contributed by atoms with E-state index < -0.39 is 0 Å². The lowest BCUT2D eigenvalue weighted by Gasteiger charge is -2.08. The fourth-order valence-electron chi connectivity index (χ4n) is 2.10. The van der Waals surface area contributed by atoms with E-state index in [4.69, 9.17) is 5.11 Å². The summed E-state index contributed by atoms with van der Waals surface area (Å²) < 4.78 is 0. The van der Waals surface area contributed by atoms with Gasteiger partial charge in [-0.15, -0.1) is 11.3 Å². The highest BCUT2D eigenvalue weighted by atomic mass is 32.2. The number of aryl methyl sites for hydroxylation is 1. The summed E-state index contributed by atoms with van der Waals surface area (Å²) in [4.78, 5) is 21.6. The van der Waals surface area contributed by atoms with Gasteiger partial charge in [-0.1, -0.05) is 32.0 Å². The topological polar surface area (TPSA) is 66.0 Å². The monoisotopic (exact) mass is 312 g/mol. The molecule has 0 fully saturated rings. The number of hydrogen-bond donors (Lipinski definition) is 2. The zero-order valence-electron chi connectivity index (χ0n) is 12.0. The SMILES string of the molecule is CCC(C)Cc1c(C)sc2nc(SCCO)[nH]c(=O)c12. The molecule has 0 amide bonds. The summed E-state index contributed by atoms with van der Waals surface area (Å²) >= 11 is 2.96. The van der Waals surface area contributed by atoms with Crippen molar-refractivity contribution in [3.63, 3.8) is 0 Å².